The van der Waals surface area contributed by atoms with Crippen LogP contribution in [0.2, 0.25) is 0 Å². The van der Waals surface area contributed by atoms with E-state index in [2.05, 4.69) is 70.0 Å². The Hall–Kier alpha value is -3.46. The van der Waals surface area contributed by atoms with Gasteiger partial charge in [0.05, 0.1) is 0 Å². The van der Waals surface area contributed by atoms with Crippen LogP contribution in [0.1, 0.15) is 0 Å². The summed E-state index contributed by atoms with van der Waals surface area (Å²) >= 11 is 0. The average molecular weight is 322 g/mol. The van der Waals surface area contributed by atoms with Gasteiger partial charge in [0.15, 0.2) is 5.69 Å². The molecular formula is C22H16N3+. The Kier molecular flexibility index (Phi) is 3.10. The number of hydrogen-bond acceptors (Lipinski definition) is 1. The second-order valence-electron chi connectivity index (χ2n) is 6.06. The van der Waals surface area contributed by atoms with E-state index in [-0.39, 0.29) is 0 Å². The van der Waals surface area contributed by atoms with Crippen molar-refractivity contribution in [1.82, 2.24) is 9.97 Å². The summed E-state index contributed by atoms with van der Waals surface area (Å²) in [5.74, 6) is 0.849. The van der Waals surface area contributed by atoms with E-state index in [4.69, 9.17) is 4.98 Å². The normalized spacial score (nSPS) is 11.2. The van der Waals surface area contributed by atoms with Crippen molar-refractivity contribution in [1.29, 1.82) is 0 Å². The molecule has 118 valence electrons. The van der Waals surface area contributed by atoms with Crippen LogP contribution in [0, 0.1) is 0 Å². The Morgan fingerprint density at radius 1 is 0.680 bits per heavy atom. The van der Waals surface area contributed by atoms with Gasteiger partial charge in [-0.3, -0.25) is 0 Å². The Balaban J connectivity index is 1.90. The first-order chi connectivity index (χ1) is 12.4. The molecule has 2 heterocycles. The minimum atomic E-state index is 0.849. The summed E-state index contributed by atoms with van der Waals surface area (Å²) < 4.78 is 2.19. The first-order valence-electron chi connectivity index (χ1n) is 8.34. The lowest BCUT2D eigenvalue weighted by Crippen LogP contribution is -2.25. The van der Waals surface area contributed by atoms with E-state index >= 15 is 0 Å². The van der Waals surface area contributed by atoms with Gasteiger partial charge in [0.1, 0.15) is 16.7 Å². The van der Waals surface area contributed by atoms with Crippen LogP contribution in [0.25, 0.3) is 39.3 Å². The van der Waals surface area contributed by atoms with E-state index in [1.54, 1.807) is 0 Å². The quantitative estimate of drug-likeness (QED) is 0.472. The van der Waals surface area contributed by atoms with Gasteiger partial charge in [-0.15, -0.1) is 0 Å². The van der Waals surface area contributed by atoms with E-state index < -0.39 is 0 Å². The largest absolute Gasteiger partial charge is 0.402 e. The zero-order valence-electron chi connectivity index (χ0n) is 13.6. The highest BCUT2D eigenvalue weighted by Crippen LogP contribution is 2.24. The second kappa shape index (κ2) is 5.56. The zero-order chi connectivity index (χ0) is 16.6. The van der Waals surface area contributed by atoms with Gasteiger partial charge >= 0.3 is 5.78 Å². The highest BCUT2D eigenvalue weighted by Gasteiger charge is 2.20. The fourth-order valence-electron chi connectivity index (χ4n) is 3.31. The van der Waals surface area contributed by atoms with Crippen LogP contribution in [0.3, 0.4) is 0 Å². The molecule has 0 fully saturated rings. The molecule has 1 N–H and O–H groups in total. The van der Waals surface area contributed by atoms with Crippen LogP contribution >= 0.6 is 0 Å². The summed E-state index contributed by atoms with van der Waals surface area (Å²) in [5, 5.41) is 0. The number of nitrogens with one attached hydrogen (secondary N) is 1. The first-order valence-corrected chi connectivity index (χ1v) is 8.34. The summed E-state index contributed by atoms with van der Waals surface area (Å²) in [6.07, 6.45) is 0. The Labute approximate surface area is 145 Å². The molecule has 0 saturated carbocycles. The molecule has 0 aliphatic rings. The van der Waals surface area contributed by atoms with Crippen LogP contribution in [0.15, 0.2) is 91.0 Å². The van der Waals surface area contributed by atoms with Gasteiger partial charge < -0.3 is 0 Å². The van der Waals surface area contributed by atoms with Crippen molar-refractivity contribution in [2.75, 3.05) is 0 Å². The van der Waals surface area contributed by atoms with Crippen molar-refractivity contribution in [3.63, 3.8) is 0 Å². The predicted molar refractivity (Wildman–Crippen MR) is 100 cm³/mol. The Morgan fingerprint density at radius 3 is 2.08 bits per heavy atom. The summed E-state index contributed by atoms with van der Waals surface area (Å²) in [5.41, 5.74) is 6.58. The molecule has 0 radical (unpaired) electrons. The zero-order valence-corrected chi connectivity index (χ0v) is 13.6. The Bertz CT molecular complexity index is 1180. The number of para-hydroxylation sites is 2. The van der Waals surface area contributed by atoms with Gasteiger partial charge in [0.2, 0.25) is 0 Å². The minimum Gasteiger partial charge on any atom is -0.238 e. The number of nitrogens with zero attached hydrogens (tertiary/aromatic N) is 2. The highest BCUT2D eigenvalue weighted by atomic mass is 15.1. The lowest BCUT2D eigenvalue weighted by atomic mass is 10.1. The summed E-state index contributed by atoms with van der Waals surface area (Å²) in [6, 6.07) is 31.2. The first kappa shape index (κ1) is 13.9. The molecule has 2 aromatic heterocycles. The van der Waals surface area contributed by atoms with Crippen molar-refractivity contribution in [3.8, 4) is 22.5 Å². The SMILES string of the molecule is c1ccc(-c2cc(-c3ccccc3)[n+]3c(n2)[nH]c2ccccc23)cc1. The van der Waals surface area contributed by atoms with E-state index in [1.165, 1.54) is 5.56 Å². The van der Waals surface area contributed by atoms with Gasteiger partial charge in [-0.1, -0.05) is 77.8 Å². The minimum absolute atomic E-state index is 0.849. The van der Waals surface area contributed by atoms with Crippen LogP contribution < -0.4 is 4.40 Å². The van der Waals surface area contributed by atoms with Gasteiger partial charge in [-0.2, -0.15) is 4.40 Å². The van der Waals surface area contributed by atoms with E-state index in [0.29, 0.717) is 0 Å². The fraction of sp³-hybridized carbons (Fsp3) is 0. The van der Waals surface area contributed by atoms with Crippen molar-refractivity contribution < 1.29 is 4.40 Å². The van der Waals surface area contributed by atoms with Crippen molar-refractivity contribution in [2.24, 2.45) is 0 Å². The third-order valence-electron chi connectivity index (χ3n) is 4.48. The number of aromatic amines is 1. The molecule has 0 atom stereocenters. The fourth-order valence-corrected chi connectivity index (χ4v) is 3.31. The number of benzene rings is 3. The van der Waals surface area contributed by atoms with Gasteiger partial charge in [-0.25, -0.2) is 4.98 Å². The molecule has 25 heavy (non-hydrogen) atoms. The lowest BCUT2D eigenvalue weighted by molar-refractivity contribution is -0.471. The van der Waals surface area contributed by atoms with Crippen LogP contribution in [0.4, 0.5) is 0 Å². The molecule has 5 rings (SSSR count). The summed E-state index contributed by atoms with van der Waals surface area (Å²) in [6.45, 7) is 0. The van der Waals surface area contributed by atoms with Crippen molar-refractivity contribution in [2.45, 2.75) is 0 Å². The van der Waals surface area contributed by atoms with Crippen LogP contribution in [-0.4, -0.2) is 9.97 Å². The topological polar surface area (TPSA) is 32.8 Å². The van der Waals surface area contributed by atoms with E-state index in [1.807, 2.05) is 30.3 Å². The molecule has 5 aromatic rings. The van der Waals surface area contributed by atoms with Gasteiger partial charge in [-0.05, 0) is 12.1 Å². The number of H-pyrrole nitrogens is 1. The van der Waals surface area contributed by atoms with Crippen LogP contribution in [0.5, 0.6) is 0 Å². The molecular weight excluding hydrogens is 306 g/mol. The molecule has 0 amide bonds. The molecule has 0 aliphatic carbocycles. The Morgan fingerprint density at radius 2 is 1.32 bits per heavy atom. The number of hydrogen-bond donors (Lipinski definition) is 1. The van der Waals surface area contributed by atoms with Gasteiger partial charge in [0, 0.05) is 17.2 Å². The third kappa shape index (κ3) is 2.29. The van der Waals surface area contributed by atoms with E-state index in [0.717, 1.165) is 33.8 Å². The third-order valence-corrected chi connectivity index (χ3v) is 4.48. The molecule has 0 saturated heterocycles. The summed E-state index contributed by atoms with van der Waals surface area (Å²) in [7, 11) is 0. The molecule has 0 aliphatic heterocycles. The predicted octanol–water partition coefficient (Wildman–Crippen LogP) is 4.64. The van der Waals surface area contributed by atoms with Crippen LogP contribution in [-0.2, 0) is 0 Å². The highest BCUT2D eigenvalue weighted by molar-refractivity contribution is 5.76. The number of fused-ring (bicyclic) bond motifs is 3. The molecule has 3 heteroatoms. The summed E-state index contributed by atoms with van der Waals surface area (Å²) in [4.78, 5) is 8.33. The maximum absolute atomic E-state index is 4.88. The average Bonchev–Trinajstić information content (AvgIpc) is 3.07. The van der Waals surface area contributed by atoms with Crippen molar-refractivity contribution >= 4 is 16.8 Å². The smallest absolute Gasteiger partial charge is 0.238 e. The number of imidazole rings is 1. The monoisotopic (exact) mass is 322 g/mol. The number of rotatable bonds is 2. The lowest BCUT2D eigenvalue weighted by Gasteiger charge is -2.04. The maximum Gasteiger partial charge on any atom is 0.402 e. The molecule has 0 spiro atoms. The number of aromatic nitrogens is 3. The van der Waals surface area contributed by atoms with E-state index in [9.17, 15) is 0 Å². The van der Waals surface area contributed by atoms with Gasteiger partial charge in [0.25, 0.3) is 0 Å². The molecule has 3 aromatic carbocycles. The molecule has 0 bridgehead atoms. The standard InChI is InChI=1S/C22H15N3/c1-3-9-16(10-4-1)19-15-21(17-11-5-2-6-12-17)25-20-14-8-7-13-18(20)23-22(25)24-19/h1-15H/p+1. The molecule has 0 unspecified atom stereocenters. The second-order valence-corrected chi connectivity index (χ2v) is 6.06. The van der Waals surface area contributed by atoms with Crippen molar-refractivity contribution in [3.05, 3.63) is 91.0 Å². The maximum atomic E-state index is 4.88. The molecule has 3 nitrogen and oxygen atoms in total.